The van der Waals surface area contributed by atoms with Crippen molar-refractivity contribution in [2.24, 2.45) is 0 Å². The summed E-state index contributed by atoms with van der Waals surface area (Å²) in [5, 5.41) is 5.83. The van der Waals surface area contributed by atoms with Crippen molar-refractivity contribution >= 4 is 28.7 Å². The van der Waals surface area contributed by atoms with E-state index in [0.29, 0.717) is 10.0 Å². The van der Waals surface area contributed by atoms with Gasteiger partial charge in [0.05, 0.1) is 21.9 Å². The molecule has 3 aromatic rings. The lowest BCUT2D eigenvalue weighted by atomic mass is 10.1. The molecule has 1 aromatic carbocycles. The molecule has 2 heterocycles. The van der Waals surface area contributed by atoms with Gasteiger partial charge in [0.2, 0.25) is 0 Å². The molecule has 4 heteroatoms. The van der Waals surface area contributed by atoms with Crippen LogP contribution in [0.1, 0.15) is 11.3 Å². The summed E-state index contributed by atoms with van der Waals surface area (Å²) >= 11 is 12.3. The Balaban J connectivity index is 2.35. The molecule has 0 saturated heterocycles. The molecule has 0 aliphatic rings. The van der Waals surface area contributed by atoms with Crippen molar-refractivity contribution in [3.63, 3.8) is 0 Å². The van der Waals surface area contributed by atoms with Gasteiger partial charge < -0.3 is 0 Å². The summed E-state index contributed by atoms with van der Waals surface area (Å²) < 4.78 is 1.93. The number of nitrogens with zero attached hydrogens (tertiary/aromatic N) is 2. The summed E-state index contributed by atoms with van der Waals surface area (Å²) in [6, 6.07) is 11.7. The predicted octanol–water partition coefficient (Wildman–Crippen LogP) is 4.92. The van der Waals surface area contributed by atoms with Gasteiger partial charge in [0.1, 0.15) is 0 Å². The van der Waals surface area contributed by atoms with Crippen LogP contribution in [0.3, 0.4) is 0 Å². The number of aromatic nitrogens is 2. The van der Waals surface area contributed by atoms with Gasteiger partial charge in [-0.3, -0.25) is 0 Å². The molecule has 96 valence electrons. The first-order valence-electron chi connectivity index (χ1n) is 5.97. The van der Waals surface area contributed by atoms with Crippen LogP contribution in [0.5, 0.6) is 0 Å². The van der Waals surface area contributed by atoms with Gasteiger partial charge in [-0.2, -0.15) is 5.10 Å². The third-order valence-corrected chi connectivity index (χ3v) is 3.68. The fraction of sp³-hybridized carbons (Fsp3) is 0.133. The van der Waals surface area contributed by atoms with Gasteiger partial charge >= 0.3 is 0 Å². The number of aryl methyl sites for hydroxylation is 2. The van der Waals surface area contributed by atoms with E-state index in [2.05, 4.69) is 24.2 Å². The van der Waals surface area contributed by atoms with Crippen LogP contribution in [0, 0.1) is 13.8 Å². The zero-order valence-electron chi connectivity index (χ0n) is 10.6. The molecule has 3 rings (SSSR count). The largest absolute Gasteiger partial charge is 0.233 e. The van der Waals surface area contributed by atoms with Crippen LogP contribution in [-0.4, -0.2) is 9.61 Å². The molecule has 0 atom stereocenters. The van der Waals surface area contributed by atoms with Gasteiger partial charge in [-0.05, 0) is 55.8 Å². The Morgan fingerprint density at radius 1 is 1.00 bits per heavy atom. The summed E-state index contributed by atoms with van der Waals surface area (Å²) in [7, 11) is 0. The van der Waals surface area contributed by atoms with Gasteiger partial charge in [-0.25, -0.2) is 4.52 Å². The molecule has 2 aromatic heterocycles. The van der Waals surface area contributed by atoms with Crippen molar-refractivity contribution < 1.29 is 0 Å². The third kappa shape index (κ3) is 2.11. The molecule has 19 heavy (non-hydrogen) atoms. The van der Waals surface area contributed by atoms with Gasteiger partial charge in [0.15, 0.2) is 0 Å². The van der Waals surface area contributed by atoms with Crippen LogP contribution in [0.2, 0.25) is 10.0 Å². The van der Waals surface area contributed by atoms with E-state index < -0.39 is 0 Å². The first kappa shape index (κ1) is 12.5. The van der Waals surface area contributed by atoms with Gasteiger partial charge in [-0.15, -0.1) is 0 Å². The van der Waals surface area contributed by atoms with Crippen molar-refractivity contribution in [1.29, 1.82) is 0 Å². The molecule has 0 bridgehead atoms. The number of hydrogen-bond donors (Lipinski definition) is 0. The maximum Gasteiger partial charge on any atom is 0.0769 e. The van der Waals surface area contributed by atoms with E-state index in [4.69, 9.17) is 23.2 Å². The second-order valence-corrected chi connectivity index (χ2v) is 5.46. The lowest BCUT2D eigenvalue weighted by Crippen LogP contribution is -1.97. The zero-order chi connectivity index (χ0) is 13.6. The second-order valence-electron chi connectivity index (χ2n) is 4.61. The lowest BCUT2D eigenvalue weighted by molar-refractivity contribution is 0.910. The smallest absolute Gasteiger partial charge is 0.0769 e. The van der Waals surface area contributed by atoms with Crippen molar-refractivity contribution in [3.05, 3.63) is 57.7 Å². The van der Waals surface area contributed by atoms with Crippen LogP contribution in [0.15, 0.2) is 36.4 Å². The Bertz CT molecular complexity index is 775. The Morgan fingerprint density at radius 2 is 1.79 bits per heavy atom. The van der Waals surface area contributed by atoms with E-state index in [-0.39, 0.29) is 0 Å². The van der Waals surface area contributed by atoms with E-state index in [1.165, 1.54) is 0 Å². The first-order valence-corrected chi connectivity index (χ1v) is 6.73. The molecule has 0 radical (unpaired) electrons. The molecular weight excluding hydrogens is 279 g/mol. The number of fused-ring (bicyclic) bond motifs is 1. The van der Waals surface area contributed by atoms with Gasteiger partial charge in [0.25, 0.3) is 0 Å². The summed E-state index contributed by atoms with van der Waals surface area (Å²) in [5.74, 6) is 0. The van der Waals surface area contributed by atoms with E-state index in [9.17, 15) is 0 Å². The summed E-state index contributed by atoms with van der Waals surface area (Å²) in [6.07, 6.45) is 0. The maximum atomic E-state index is 6.31. The molecule has 0 unspecified atom stereocenters. The average Bonchev–Trinajstić information content (AvgIpc) is 2.65. The number of halogens is 2. The Morgan fingerprint density at radius 3 is 2.53 bits per heavy atom. The highest BCUT2D eigenvalue weighted by atomic mass is 35.5. The minimum Gasteiger partial charge on any atom is -0.233 e. The summed E-state index contributed by atoms with van der Waals surface area (Å²) in [5.41, 5.74) is 5.13. The third-order valence-electron chi connectivity index (χ3n) is 3.13. The molecule has 0 saturated carbocycles. The summed E-state index contributed by atoms with van der Waals surface area (Å²) in [6.45, 7) is 4.03. The zero-order valence-corrected chi connectivity index (χ0v) is 12.1. The van der Waals surface area contributed by atoms with Crippen molar-refractivity contribution in [1.82, 2.24) is 9.61 Å². The van der Waals surface area contributed by atoms with Gasteiger partial charge in [-0.1, -0.05) is 23.2 Å². The highest BCUT2D eigenvalue weighted by molar-refractivity contribution is 6.36. The van der Waals surface area contributed by atoms with E-state index >= 15 is 0 Å². The SMILES string of the molecule is Cc1ccc2cc(C)c(-c3ccc(Cl)cc3Cl)n2n1. The quantitative estimate of drug-likeness (QED) is 0.621. The fourth-order valence-corrected chi connectivity index (χ4v) is 2.78. The Labute approximate surface area is 121 Å². The lowest BCUT2D eigenvalue weighted by Gasteiger charge is -2.07. The fourth-order valence-electron chi connectivity index (χ4n) is 2.28. The van der Waals surface area contributed by atoms with Crippen LogP contribution in [0.4, 0.5) is 0 Å². The number of hydrogen-bond acceptors (Lipinski definition) is 1. The van der Waals surface area contributed by atoms with Crippen molar-refractivity contribution in [2.75, 3.05) is 0 Å². The molecule has 2 nitrogen and oxygen atoms in total. The molecular formula is C15H12Cl2N2. The summed E-state index contributed by atoms with van der Waals surface area (Å²) in [4.78, 5) is 0. The maximum absolute atomic E-state index is 6.31. The molecule has 0 amide bonds. The molecule has 0 spiro atoms. The van der Waals surface area contributed by atoms with Crippen LogP contribution in [0.25, 0.3) is 16.8 Å². The monoisotopic (exact) mass is 290 g/mol. The normalized spacial score (nSPS) is 11.2. The first-order chi connectivity index (χ1) is 9.06. The molecule has 0 aliphatic heterocycles. The standard InChI is InChI=1S/C15H12Cl2N2/c1-9-7-12-5-3-10(2)18-19(12)15(9)13-6-4-11(16)8-14(13)17/h3-8H,1-2H3. The predicted molar refractivity (Wildman–Crippen MR) is 80.1 cm³/mol. The second kappa shape index (κ2) is 4.55. The van der Waals surface area contributed by atoms with E-state index in [1.807, 2.05) is 29.6 Å². The highest BCUT2D eigenvalue weighted by Gasteiger charge is 2.13. The number of rotatable bonds is 1. The highest BCUT2D eigenvalue weighted by Crippen LogP contribution is 2.33. The molecule has 0 aliphatic carbocycles. The average molecular weight is 291 g/mol. The minimum atomic E-state index is 0.636. The van der Waals surface area contributed by atoms with Crippen LogP contribution in [-0.2, 0) is 0 Å². The Kier molecular flexibility index (Phi) is 3.00. The number of benzene rings is 1. The van der Waals surface area contributed by atoms with E-state index in [0.717, 1.165) is 28.0 Å². The molecule has 0 N–H and O–H groups in total. The Hall–Kier alpha value is -1.51. The topological polar surface area (TPSA) is 17.3 Å². The van der Waals surface area contributed by atoms with Crippen molar-refractivity contribution in [3.8, 4) is 11.3 Å². The minimum absolute atomic E-state index is 0.636. The van der Waals surface area contributed by atoms with Crippen molar-refractivity contribution in [2.45, 2.75) is 13.8 Å². The molecule has 0 fully saturated rings. The van der Waals surface area contributed by atoms with Gasteiger partial charge in [0, 0.05) is 10.6 Å². The van der Waals surface area contributed by atoms with Crippen LogP contribution < -0.4 is 0 Å². The van der Waals surface area contributed by atoms with E-state index in [1.54, 1.807) is 6.07 Å². The van der Waals surface area contributed by atoms with Crippen LogP contribution >= 0.6 is 23.2 Å².